The van der Waals surface area contributed by atoms with Crippen LogP contribution in [0, 0.1) is 6.92 Å². The van der Waals surface area contributed by atoms with Crippen molar-refractivity contribution in [1.29, 1.82) is 0 Å². The average Bonchev–Trinajstić information content (AvgIpc) is 2.87. The molecule has 2 rings (SSSR count). The van der Waals surface area contributed by atoms with Gasteiger partial charge in [0.2, 0.25) is 5.89 Å². The molecule has 1 N–H and O–H groups in total. The predicted octanol–water partition coefficient (Wildman–Crippen LogP) is 1.65. The second kappa shape index (κ2) is 5.18. The van der Waals surface area contributed by atoms with Crippen molar-refractivity contribution in [2.45, 2.75) is 20.3 Å². The number of nitrogens with zero attached hydrogens (tertiary/aromatic N) is 3. The summed E-state index contributed by atoms with van der Waals surface area (Å²) in [6.07, 6.45) is 0.754. The molecule has 0 saturated heterocycles. The minimum atomic E-state index is 0.510. The molecule has 0 aliphatic carbocycles. The number of rotatable bonds is 5. The SMILES string of the molecule is CCNCCc1nnc(-c2csc(C)n2)o1. The molecule has 2 aromatic heterocycles. The largest absolute Gasteiger partial charge is 0.419 e. The van der Waals surface area contributed by atoms with Crippen LogP contribution in [0.5, 0.6) is 0 Å². The minimum absolute atomic E-state index is 0.510. The predicted molar refractivity (Wildman–Crippen MR) is 62.4 cm³/mol. The van der Waals surface area contributed by atoms with E-state index in [9.17, 15) is 0 Å². The van der Waals surface area contributed by atoms with Crippen molar-refractivity contribution in [1.82, 2.24) is 20.5 Å². The van der Waals surface area contributed by atoms with Gasteiger partial charge in [0.15, 0.2) is 0 Å². The summed E-state index contributed by atoms with van der Waals surface area (Å²) >= 11 is 1.58. The Bertz CT molecular complexity index is 451. The molecule has 0 aliphatic heterocycles. The highest BCUT2D eigenvalue weighted by Gasteiger charge is 2.10. The maximum atomic E-state index is 5.51. The molecule has 5 nitrogen and oxygen atoms in total. The Morgan fingerprint density at radius 1 is 1.44 bits per heavy atom. The first kappa shape index (κ1) is 11.2. The van der Waals surface area contributed by atoms with E-state index in [4.69, 9.17) is 4.42 Å². The van der Waals surface area contributed by atoms with E-state index >= 15 is 0 Å². The van der Waals surface area contributed by atoms with Crippen LogP contribution >= 0.6 is 11.3 Å². The molecule has 0 aliphatic rings. The smallest absolute Gasteiger partial charge is 0.267 e. The van der Waals surface area contributed by atoms with E-state index in [2.05, 4.69) is 27.4 Å². The lowest BCUT2D eigenvalue weighted by atomic mass is 10.4. The van der Waals surface area contributed by atoms with E-state index in [1.807, 2.05) is 12.3 Å². The topological polar surface area (TPSA) is 63.8 Å². The first-order valence-electron chi connectivity index (χ1n) is 5.25. The Balaban J connectivity index is 2.02. The Morgan fingerprint density at radius 3 is 3.00 bits per heavy atom. The first-order chi connectivity index (χ1) is 7.79. The van der Waals surface area contributed by atoms with Gasteiger partial charge in [-0.3, -0.25) is 0 Å². The summed E-state index contributed by atoms with van der Waals surface area (Å²) in [6.45, 7) is 5.83. The van der Waals surface area contributed by atoms with Gasteiger partial charge in [0.1, 0.15) is 5.69 Å². The number of hydrogen-bond donors (Lipinski definition) is 1. The van der Waals surface area contributed by atoms with Crippen LogP contribution in [0.1, 0.15) is 17.8 Å². The van der Waals surface area contributed by atoms with Gasteiger partial charge in [-0.05, 0) is 13.5 Å². The summed E-state index contributed by atoms with van der Waals surface area (Å²) < 4.78 is 5.51. The fourth-order valence-corrected chi connectivity index (χ4v) is 1.88. The third-order valence-corrected chi connectivity index (χ3v) is 2.84. The van der Waals surface area contributed by atoms with Gasteiger partial charge in [-0.25, -0.2) is 4.98 Å². The number of hydrogen-bond acceptors (Lipinski definition) is 6. The highest BCUT2D eigenvalue weighted by Crippen LogP contribution is 2.19. The molecule has 2 aromatic rings. The van der Waals surface area contributed by atoms with Crippen LogP contribution in [0.4, 0.5) is 0 Å². The average molecular weight is 238 g/mol. The second-order valence-electron chi connectivity index (χ2n) is 3.36. The van der Waals surface area contributed by atoms with Crippen LogP contribution in [0.25, 0.3) is 11.6 Å². The van der Waals surface area contributed by atoms with E-state index in [-0.39, 0.29) is 0 Å². The van der Waals surface area contributed by atoms with Crippen LogP contribution in [0.15, 0.2) is 9.80 Å². The van der Waals surface area contributed by atoms with E-state index in [0.29, 0.717) is 11.8 Å². The zero-order chi connectivity index (χ0) is 11.4. The summed E-state index contributed by atoms with van der Waals surface area (Å²) in [6, 6.07) is 0. The molecule has 0 bridgehead atoms. The number of likely N-dealkylation sites (N-methyl/N-ethyl adjacent to an activating group) is 1. The standard InChI is InChI=1S/C10H14N4OS/c1-3-11-5-4-9-13-14-10(15-9)8-6-16-7(2)12-8/h6,11H,3-5H2,1-2H3. The molecule has 6 heteroatoms. The van der Waals surface area contributed by atoms with Crippen molar-refractivity contribution < 1.29 is 4.42 Å². The molecule has 2 heterocycles. The van der Waals surface area contributed by atoms with Crippen molar-refractivity contribution in [2.75, 3.05) is 13.1 Å². The lowest BCUT2D eigenvalue weighted by Gasteiger charge is -1.95. The summed E-state index contributed by atoms with van der Waals surface area (Å²) in [5.74, 6) is 1.16. The molecule has 0 aromatic carbocycles. The van der Waals surface area contributed by atoms with Crippen molar-refractivity contribution in [3.63, 3.8) is 0 Å². The normalized spacial score (nSPS) is 10.9. The molecular formula is C10H14N4OS. The van der Waals surface area contributed by atoms with Gasteiger partial charge in [0.25, 0.3) is 5.89 Å². The van der Waals surface area contributed by atoms with Gasteiger partial charge in [0, 0.05) is 18.3 Å². The van der Waals surface area contributed by atoms with Crippen molar-refractivity contribution >= 4 is 11.3 Å². The van der Waals surface area contributed by atoms with Gasteiger partial charge in [-0.2, -0.15) is 0 Å². The third kappa shape index (κ3) is 2.65. The molecule has 86 valence electrons. The quantitative estimate of drug-likeness (QED) is 0.802. The molecule has 0 radical (unpaired) electrons. The van der Waals surface area contributed by atoms with Gasteiger partial charge in [-0.1, -0.05) is 6.92 Å². The zero-order valence-electron chi connectivity index (χ0n) is 9.36. The summed E-state index contributed by atoms with van der Waals surface area (Å²) in [7, 11) is 0. The number of nitrogens with one attached hydrogen (secondary N) is 1. The molecule has 0 spiro atoms. The Labute approximate surface area is 97.9 Å². The van der Waals surface area contributed by atoms with E-state index < -0.39 is 0 Å². The van der Waals surface area contributed by atoms with Crippen LogP contribution in [-0.4, -0.2) is 28.3 Å². The van der Waals surface area contributed by atoms with Crippen LogP contribution in [-0.2, 0) is 6.42 Å². The van der Waals surface area contributed by atoms with Gasteiger partial charge < -0.3 is 9.73 Å². The molecule has 0 amide bonds. The third-order valence-electron chi connectivity index (χ3n) is 2.07. The van der Waals surface area contributed by atoms with Gasteiger partial charge >= 0.3 is 0 Å². The summed E-state index contributed by atoms with van der Waals surface area (Å²) in [5, 5.41) is 14.1. The molecule has 0 saturated carbocycles. The Morgan fingerprint density at radius 2 is 2.31 bits per heavy atom. The Hall–Kier alpha value is -1.27. The van der Waals surface area contributed by atoms with Crippen molar-refractivity contribution in [3.8, 4) is 11.6 Å². The van der Waals surface area contributed by atoms with Crippen molar-refractivity contribution in [3.05, 3.63) is 16.3 Å². The monoisotopic (exact) mass is 238 g/mol. The molecule has 16 heavy (non-hydrogen) atoms. The number of aryl methyl sites for hydroxylation is 1. The zero-order valence-corrected chi connectivity index (χ0v) is 10.2. The maximum Gasteiger partial charge on any atom is 0.267 e. The van der Waals surface area contributed by atoms with Crippen LogP contribution < -0.4 is 5.32 Å². The van der Waals surface area contributed by atoms with E-state index in [1.54, 1.807) is 11.3 Å². The fourth-order valence-electron chi connectivity index (χ4n) is 1.29. The fraction of sp³-hybridized carbons (Fsp3) is 0.500. The lowest BCUT2D eigenvalue weighted by molar-refractivity contribution is 0.495. The highest BCUT2D eigenvalue weighted by molar-refractivity contribution is 7.09. The van der Waals surface area contributed by atoms with Crippen LogP contribution in [0.2, 0.25) is 0 Å². The van der Waals surface area contributed by atoms with Gasteiger partial charge in [0.05, 0.1) is 5.01 Å². The summed E-state index contributed by atoms with van der Waals surface area (Å²) in [5.41, 5.74) is 0.768. The molecule has 0 unspecified atom stereocenters. The van der Waals surface area contributed by atoms with Crippen molar-refractivity contribution in [2.24, 2.45) is 0 Å². The van der Waals surface area contributed by atoms with E-state index in [0.717, 1.165) is 30.2 Å². The maximum absolute atomic E-state index is 5.51. The molecular weight excluding hydrogens is 224 g/mol. The first-order valence-corrected chi connectivity index (χ1v) is 6.13. The number of thiazole rings is 1. The van der Waals surface area contributed by atoms with Gasteiger partial charge in [-0.15, -0.1) is 21.5 Å². The van der Waals surface area contributed by atoms with E-state index in [1.165, 1.54) is 0 Å². The lowest BCUT2D eigenvalue weighted by Crippen LogP contribution is -2.16. The highest BCUT2D eigenvalue weighted by atomic mass is 32.1. The Kier molecular flexibility index (Phi) is 3.63. The summed E-state index contributed by atoms with van der Waals surface area (Å²) in [4.78, 5) is 4.30. The number of aromatic nitrogens is 3. The second-order valence-corrected chi connectivity index (χ2v) is 4.42. The molecule has 0 atom stereocenters. The minimum Gasteiger partial charge on any atom is -0.419 e. The molecule has 0 fully saturated rings. The van der Waals surface area contributed by atoms with Crippen LogP contribution in [0.3, 0.4) is 0 Å².